The van der Waals surface area contributed by atoms with Gasteiger partial charge in [-0.2, -0.15) is 13.2 Å². The lowest BCUT2D eigenvalue weighted by atomic mass is 10.1. The summed E-state index contributed by atoms with van der Waals surface area (Å²) < 4.78 is 60.7. The zero-order valence-corrected chi connectivity index (χ0v) is 23.6. The van der Waals surface area contributed by atoms with Crippen molar-refractivity contribution in [2.24, 2.45) is 0 Å². The smallest absolute Gasteiger partial charge is 0.478 e. The van der Waals surface area contributed by atoms with Crippen molar-refractivity contribution in [2.75, 3.05) is 48.9 Å². The van der Waals surface area contributed by atoms with E-state index in [2.05, 4.69) is 10.0 Å². The number of benzene rings is 2. The Bertz CT molecular complexity index is 1360. The Morgan fingerprint density at radius 2 is 1.59 bits per heavy atom. The predicted molar refractivity (Wildman–Crippen MR) is 146 cm³/mol. The molecule has 1 amide bonds. The van der Waals surface area contributed by atoms with Crippen LogP contribution in [0.4, 0.5) is 24.5 Å². The fourth-order valence-electron chi connectivity index (χ4n) is 4.00. The average Bonchev–Trinajstić information content (AvgIpc) is 2.87. The van der Waals surface area contributed by atoms with E-state index >= 15 is 0 Å². The van der Waals surface area contributed by atoms with Crippen LogP contribution in [0, 0.1) is 13.8 Å². The van der Waals surface area contributed by atoms with Gasteiger partial charge in [0.25, 0.3) is 10.0 Å². The standard InChI is InChI=1S/C24H32N4O5S.C2HF3O2/c1-4-9-25-23(29)16-27-10-12-28(13-11-27)21-7-6-19(24(30)31)15-20(21)26-34(32,33)22-8-5-17(2)14-18(22)3;3-2(4,5)1(6)7/h5-8,14-15,26H,4,9-13,16H2,1-3H3,(H,25,29)(H,30,31);(H,6,7). The van der Waals surface area contributed by atoms with E-state index < -0.39 is 28.1 Å². The molecule has 0 aromatic heterocycles. The molecular formula is C26H33F3N4O7S. The zero-order chi connectivity index (χ0) is 31.0. The number of rotatable bonds is 9. The second-order valence-corrected chi connectivity index (χ2v) is 11.0. The molecule has 1 saturated heterocycles. The van der Waals surface area contributed by atoms with Crippen LogP contribution in [0.3, 0.4) is 0 Å². The molecule has 11 nitrogen and oxygen atoms in total. The molecule has 1 aliphatic heterocycles. The molecule has 1 fully saturated rings. The highest BCUT2D eigenvalue weighted by Crippen LogP contribution is 2.31. The van der Waals surface area contributed by atoms with Crippen molar-refractivity contribution < 1.29 is 46.2 Å². The van der Waals surface area contributed by atoms with Crippen molar-refractivity contribution >= 4 is 39.2 Å². The first-order valence-electron chi connectivity index (χ1n) is 12.6. The number of aliphatic carboxylic acids is 1. The summed E-state index contributed by atoms with van der Waals surface area (Å²) in [5.74, 6) is -3.91. The number of carbonyl (C=O) groups is 3. The van der Waals surface area contributed by atoms with E-state index in [1.54, 1.807) is 31.2 Å². The monoisotopic (exact) mass is 602 g/mol. The van der Waals surface area contributed by atoms with Gasteiger partial charge < -0.3 is 20.4 Å². The molecular weight excluding hydrogens is 569 g/mol. The summed E-state index contributed by atoms with van der Waals surface area (Å²) in [5.41, 5.74) is 2.38. The molecule has 3 rings (SSSR count). The summed E-state index contributed by atoms with van der Waals surface area (Å²) in [6.07, 6.45) is -4.20. The highest BCUT2D eigenvalue weighted by atomic mass is 32.2. The first-order chi connectivity index (χ1) is 19.0. The maximum atomic E-state index is 13.2. The number of aryl methyl sites for hydroxylation is 2. The Morgan fingerprint density at radius 3 is 2.10 bits per heavy atom. The molecule has 41 heavy (non-hydrogen) atoms. The van der Waals surface area contributed by atoms with Gasteiger partial charge in [0.15, 0.2) is 0 Å². The molecule has 4 N–H and O–H groups in total. The molecule has 0 bridgehead atoms. The van der Waals surface area contributed by atoms with Gasteiger partial charge in [0, 0.05) is 32.7 Å². The van der Waals surface area contributed by atoms with Gasteiger partial charge in [-0.05, 0) is 50.1 Å². The van der Waals surface area contributed by atoms with Gasteiger partial charge in [0.2, 0.25) is 5.91 Å². The largest absolute Gasteiger partial charge is 0.490 e. The van der Waals surface area contributed by atoms with Crippen LogP contribution in [0.1, 0.15) is 34.8 Å². The number of carboxylic acid groups (broad SMARTS) is 2. The number of anilines is 2. The summed E-state index contributed by atoms with van der Waals surface area (Å²) in [6, 6.07) is 9.52. The molecule has 1 aliphatic rings. The number of carbonyl (C=O) groups excluding carboxylic acids is 1. The maximum Gasteiger partial charge on any atom is 0.490 e. The van der Waals surface area contributed by atoms with Crippen molar-refractivity contribution in [2.45, 2.75) is 38.3 Å². The minimum Gasteiger partial charge on any atom is -0.478 e. The van der Waals surface area contributed by atoms with Crippen LogP contribution < -0.4 is 14.9 Å². The first kappa shape index (κ1) is 33.4. The number of amides is 1. The highest BCUT2D eigenvalue weighted by molar-refractivity contribution is 7.92. The van der Waals surface area contributed by atoms with Crippen LogP contribution in [0.2, 0.25) is 0 Å². The third-order valence-electron chi connectivity index (χ3n) is 6.00. The molecule has 2 aromatic rings. The van der Waals surface area contributed by atoms with Crippen molar-refractivity contribution in [1.29, 1.82) is 0 Å². The SMILES string of the molecule is CCCNC(=O)CN1CCN(c2ccc(C(=O)O)cc2NS(=O)(=O)c2ccc(C)cc2C)CC1.O=C(O)C(F)(F)F. The first-order valence-corrected chi connectivity index (χ1v) is 14.0. The fourth-order valence-corrected chi connectivity index (χ4v) is 5.29. The maximum absolute atomic E-state index is 13.2. The molecule has 0 spiro atoms. The number of aromatic carboxylic acids is 1. The number of alkyl halides is 3. The Morgan fingerprint density at radius 1 is 0.976 bits per heavy atom. The van der Waals surface area contributed by atoms with Gasteiger partial charge in [-0.3, -0.25) is 14.4 Å². The number of nitrogens with zero attached hydrogens (tertiary/aromatic N) is 2. The van der Waals surface area contributed by atoms with Crippen LogP contribution >= 0.6 is 0 Å². The Hall–Kier alpha value is -3.85. The normalized spacial score (nSPS) is 14.0. The van der Waals surface area contributed by atoms with Gasteiger partial charge in [0.1, 0.15) is 0 Å². The summed E-state index contributed by atoms with van der Waals surface area (Å²) in [4.78, 5) is 36.7. The molecule has 0 aliphatic carbocycles. The number of hydrogen-bond donors (Lipinski definition) is 4. The van der Waals surface area contributed by atoms with Crippen molar-refractivity contribution in [1.82, 2.24) is 10.2 Å². The highest BCUT2D eigenvalue weighted by Gasteiger charge is 2.38. The number of sulfonamides is 1. The van der Waals surface area contributed by atoms with Crippen molar-refractivity contribution in [3.63, 3.8) is 0 Å². The van der Waals surface area contributed by atoms with Crippen LogP contribution in [-0.2, 0) is 19.6 Å². The molecule has 2 aromatic carbocycles. The summed E-state index contributed by atoms with van der Waals surface area (Å²) >= 11 is 0. The van der Waals surface area contributed by atoms with Gasteiger partial charge >= 0.3 is 18.1 Å². The molecule has 0 unspecified atom stereocenters. The third-order valence-corrected chi connectivity index (χ3v) is 7.53. The van der Waals surface area contributed by atoms with E-state index in [9.17, 15) is 36.3 Å². The number of hydrogen-bond acceptors (Lipinski definition) is 7. The number of piperazine rings is 1. The zero-order valence-electron chi connectivity index (χ0n) is 22.8. The van der Waals surface area contributed by atoms with Crippen molar-refractivity contribution in [3.05, 3.63) is 53.1 Å². The van der Waals surface area contributed by atoms with E-state index in [0.29, 0.717) is 50.5 Å². The van der Waals surface area contributed by atoms with E-state index in [1.807, 2.05) is 23.6 Å². The predicted octanol–water partition coefficient (Wildman–Crippen LogP) is 3.08. The van der Waals surface area contributed by atoms with E-state index in [0.717, 1.165) is 12.0 Å². The molecule has 0 saturated carbocycles. The Labute approximate surface area is 236 Å². The second-order valence-electron chi connectivity index (χ2n) is 9.33. The summed E-state index contributed by atoms with van der Waals surface area (Å²) in [7, 11) is -3.93. The van der Waals surface area contributed by atoms with Gasteiger partial charge in [-0.1, -0.05) is 24.6 Å². The van der Waals surface area contributed by atoms with Gasteiger partial charge in [0.05, 0.1) is 28.4 Å². The van der Waals surface area contributed by atoms with Crippen LogP contribution in [0.25, 0.3) is 0 Å². The van der Waals surface area contributed by atoms with Gasteiger partial charge in [-0.25, -0.2) is 18.0 Å². The molecule has 226 valence electrons. The average molecular weight is 603 g/mol. The summed E-state index contributed by atoms with van der Waals surface area (Å²) in [6.45, 7) is 8.99. The molecule has 0 radical (unpaired) electrons. The van der Waals surface area contributed by atoms with E-state index in [1.165, 1.54) is 12.1 Å². The van der Waals surface area contributed by atoms with Crippen LogP contribution in [0.15, 0.2) is 41.3 Å². The number of nitrogens with one attached hydrogen (secondary N) is 2. The second kappa shape index (κ2) is 14.2. The number of carboxylic acids is 2. The van der Waals surface area contributed by atoms with Crippen LogP contribution in [-0.4, -0.2) is 86.8 Å². The van der Waals surface area contributed by atoms with E-state index in [4.69, 9.17) is 9.90 Å². The van der Waals surface area contributed by atoms with Gasteiger partial charge in [-0.15, -0.1) is 0 Å². The molecule has 1 heterocycles. The lowest BCUT2D eigenvalue weighted by Gasteiger charge is -2.36. The molecule has 15 heteroatoms. The quantitative estimate of drug-likeness (QED) is 0.339. The lowest BCUT2D eigenvalue weighted by Crippen LogP contribution is -2.49. The summed E-state index contributed by atoms with van der Waals surface area (Å²) in [5, 5.41) is 19.4. The van der Waals surface area contributed by atoms with E-state index in [-0.39, 0.29) is 22.1 Å². The minimum absolute atomic E-state index is 0.00620. The third kappa shape index (κ3) is 9.93. The topological polar surface area (TPSA) is 156 Å². The lowest BCUT2D eigenvalue weighted by molar-refractivity contribution is -0.192. The Balaban J connectivity index is 0.000000745. The Kier molecular flexibility index (Phi) is 11.5. The fraction of sp³-hybridized carbons (Fsp3) is 0.423. The number of halogens is 3. The molecule has 0 atom stereocenters. The van der Waals surface area contributed by atoms with Crippen LogP contribution in [0.5, 0.6) is 0 Å². The van der Waals surface area contributed by atoms with Crippen molar-refractivity contribution in [3.8, 4) is 0 Å². The minimum atomic E-state index is -5.08.